The zero-order valence-electron chi connectivity index (χ0n) is 13.2. The zero-order valence-corrected chi connectivity index (χ0v) is 16.2. The van der Waals surface area contributed by atoms with Gasteiger partial charge < -0.3 is 14.2 Å². The van der Waals surface area contributed by atoms with Crippen molar-refractivity contribution in [2.45, 2.75) is 6.42 Å². The van der Waals surface area contributed by atoms with Crippen molar-refractivity contribution in [3.05, 3.63) is 63.1 Å². The molecule has 0 aromatic heterocycles. The highest BCUT2D eigenvalue weighted by molar-refractivity contribution is 6.55. The molecule has 3 nitrogen and oxygen atoms in total. The van der Waals surface area contributed by atoms with Crippen molar-refractivity contribution in [2.24, 2.45) is 0 Å². The lowest BCUT2D eigenvalue weighted by atomic mass is 10.3. The van der Waals surface area contributed by atoms with Gasteiger partial charge in [0, 0.05) is 17.5 Å². The van der Waals surface area contributed by atoms with Crippen LogP contribution in [0.4, 0.5) is 0 Å². The van der Waals surface area contributed by atoms with Gasteiger partial charge in [0.25, 0.3) is 0 Å². The molecule has 0 saturated carbocycles. The molecule has 0 aliphatic heterocycles. The van der Waals surface area contributed by atoms with Crippen LogP contribution in [0.15, 0.2) is 53.0 Å². The molecule has 0 saturated heterocycles. The number of ether oxygens (including phenoxy) is 3. The van der Waals surface area contributed by atoms with E-state index in [2.05, 4.69) is 0 Å². The van der Waals surface area contributed by atoms with Gasteiger partial charge in [0.15, 0.2) is 0 Å². The van der Waals surface area contributed by atoms with E-state index in [1.165, 1.54) is 0 Å². The van der Waals surface area contributed by atoms with Gasteiger partial charge in [-0.25, -0.2) is 0 Å². The first-order valence-corrected chi connectivity index (χ1v) is 9.00. The molecule has 0 fully saturated rings. The Morgan fingerprint density at radius 2 is 1.52 bits per heavy atom. The van der Waals surface area contributed by atoms with E-state index < -0.39 is 0 Å². The van der Waals surface area contributed by atoms with Crippen LogP contribution in [0.3, 0.4) is 0 Å². The minimum absolute atomic E-state index is 0.159. The molecule has 0 N–H and O–H groups in total. The Morgan fingerprint density at radius 3 is 2.20 bits per heavy atom. The van der Waals surface area contributed by atoms with Crippen molar-refractivity contribution >= 4 is 46.4 Å². The first-order chi connectivity index (χ1) is 12.0. The van der Waals surface area contributed by atoms with E-state index in [1.807, 2.05) is 12.1 Å². The third kappa shape index (κ3) is 7.66. The topological polar surface area (TPSA) is 27.7 Å². The van der Waals surface area contributed by atoms with Crippen LogP contribution in [-0.2, 0) is 0 Å². The molecule has 0 aliphatic carbocycles. The van der Waals surface area contributed by atoms with Gasteiger partial charge in [-0.3, -0.25) is 0 Å². The summed E-state index contributed by atoms with van der Waals surface area (Å²) >= 11 is 23.0. The van der Waals surface area contributed by atoms with Crippen LogP contribution >= 0.6 is 46.4 Å². The lowest BCUT2D eigenvalue weighted by Crippen LogP contribution is -2.05. The van der Waals surface area contributed by atoms with Crippen LogP contribution in [0.5, 0.6) is 17.2 Å². The van der Waals surface area contributed by atoms with E-state index in [4.69, 9.17) is 60.6 Å². The SMILES string of the molecule is ClC(Cl)=CCOc1ccc(OCCCOc2ccc(Cl)cc2)c(Cl)c1. The fourth-order valence-corrected chi connectivity index (χ4v) is 2.33. The first kappa shape index (κ1) is 20.1. The van der Waals surface area contributed by atoms with Crippen LogP contribution in [0.2, 0.25) is 10.0 Å². The number of benzene rings is 2. The Morgan fingerprint density at radius 1 is 0.840 bits per heavy atom. The van der Waals surface area contributed by atoms with Gasteiger partial charge in [-0.1, -0.05) is 46.4 Å². The van der Waals surface area contributed by atoms with E-state index >= 15 is 0 Å². The molecule has 7 heteroatoms. The zero-order chi connectivity index (χ0) is 18.1. The smallest absolute Gasteiger partial charge is 0.138 e. The highest BCUT2D eigenvalue weighted by Gasteiger charge is 2.04. The standard InChI is InChI=1S/C18H16Cl4O3/c19-13-2-4-14(5-3-13)23-9-1-10-25-17-7-6-15(12-16(17)20)24-11-8-18(21)22/h2-8,12H,1,9-11H2. The maximum absolute atomic E-state index is 6.18. The fourth-order valence-electron chi connectivity index (χ4n) is 1.85. The summed E-state index contributed by atoms with van der Waals surface area (Å²) in [5, 5.41) is 1.15. The van der Waals surface area contributed by atoms with Crippen molar-refractivity contribution < 1.29 is 14.2 Å². The van der Waals surface area contributed by atoms with Crippen LogP contribution in [-0.4, -0.2) is 19.8 Å². The minimum Gasteiger partial charge on any atom is -0.493 e. The number of hydrogen-bond donors (Lipinski definition) is 0. The summed E-state index contributed by atoms with van der Waals surface area (Å²) in [4.78, 5) is 0. The van der Waals surface area contributed by atoms with Crippen molar-refractivity contribution in [1.82, 2.24) is 0 Å². The molecule has 0 heterocycles. The molecule has 0 radical (unpaired) electrons. The fraction of sp³-hybridized carbons (Fsp3) is 0.222. The summed E-state index contributed by atoms with van der Waals surface area (Å²) in [5.74, 6) is 1.97. The molecular formula is C18H16Cl4O3. The monoisotopic (exact) mass is 420 g/mol. The molecule has 2 rings (SSSR count). The maximum atomic E-state index is 6.18. The predicted octanol–water partition coefficient (Wildman–Crippen LogP) is 6.54. The second-order valence-electron chi connectivity index (χ2n) is 4.90. The molecule has 0 aliphatic rings. The lowest BCUT2D eigenvalue weighted by Gasteiger charge is -2.10. The van der Waals surface area contributed by atoms with Gasteiger partial charge in [0.1, 0.15) is 28.3 Å². The van der Waals surface area contributed by atoms with Crippen LogP contribution < -0.4 is 14.2 Å². The van der Waals surface area contributed by atoms with Gasteiger partial charge in [0.2, 0.25) is 0 Å². The molecule has 0 amide bonds. The molecular weight excluding hydrogens is 406 g/mol. The molecule has 0 spiro atoms. The van der Waals surface area contributed by atoms with Crippen molar-refractivity contribution in [1.29, 1.82) is 0 Å². The summed E-state index contributed by atoms with van der Waals surface area (Å²) < 4.78 is 16.8. The van der Waals surface area contributed by atoms with E-state index in [0.717, 1.165) is 12.2 Å². The summed E-state index contributed by atoms with van der Waals surface area (Å²) in [7, 11) is 0. The van der Waals surface area contributed by atoms with E-state index in [1.54, 1.807) is 36.4 Å². The Kier molecular flexibility index (Phi) is 8.56. The second kappa shape index (κ2) is 10.7. The van der Waals surface area contributed by atoms with Crippen molar-refractivity contribution in [3.63, 3.8) is 0 Å². The molecule has 2 aromatic carbocycles. The Labute approximate surface area is 167 Å². The van der Waals surface area contributed by atoms with Crippen molar-refractivity contribution in [3.8, 4) is 17.2 Å². The number of halogens is 4. The summed E-state index contributed by atoms with van der Waals surface area (Å²) in [6, 6.07) is 12.4. The largest absolute Gasteiger partial charge is 0.493 e. The highest BCUT2D eigenvalue weighted by Crippen LogP contribution is 2.29. The minimum atomic E-state index is 0.159. The molecule has 25 heavy (non-hydrogen) atoms. The van der Waals surface area contributed by atoms with Crippen LogP contribution in [0.1, 0.15) is 6.42 Å². The summed E-state index contributed by atoms with van der Waals surface area (Å²) in [6.45, 7) is 1.28. The predicted molar refractivity (Wildman–Crippen MR) is 104 cm³/mol. The average molecular weight is 422 g/mol. The Hall–Kier alpha value is -1.26. The van der Waals surface area contributed by atoms with Gasteiger partial charge in [-0.2, -0.15) is 0 Å². The van der Waals surface area contributed by atoms with E-state index in [-0.39, 0.29) is 11.1 Å². The third-order valence-electron chi connectivity index (χ3n) is 3.02. The van der Waals surface area contributed by atoms with E-state index in [0.29, 0.717) is 34.8 Å². The maximum Gasteiger partial charge on any atom is 0.138 e. The average Bonchev–Trinajstić information content (AvgIpc) is 2.57. The summed E-state index contributed by atoms with van der Waals surface area (Å²) in [5.41, 5.74) is 0. The third-order valence-corrected chi connectivity index (χ3v) is 3.88. The highest BCUT2D eigenvalue weighted by atomic mass is 35.5. The second-order valence-corrected chi connectivity index (χ2v) is 6.75. The Balaban J connectivity index is 1.71. The number of hydrogen-bond acceptors (Lipinski definition) is 3. The normalized spacial score (nSPS) is 10.2. The molecule has 134 valence electrons. The first-order valence-electron chi connectivity index (χ1n) is 7.49. The van der Waals surface area contributed by atoms with Gasteiger partial charge in [0.05, 0.1) is 18.2 Å². The van der Waals surface area contributed by atoms with Crippen LogP contribution in [0.25, 0.3) is 0 Å². The molecule has 0 bridgehead atoms. The van der Waals surface area contributed by atoms with Gasteiger partial charge in [-0.05, 0) is 42.5 Å². The van der Waals surface area contributed by atoms with Crippen LogP contribution in [0, 0.1) is 0 Å². The van der Waals surface area contributed by atoms with Crippen molar-refractivity contribution in [2.75, 3.05) is 19.8 Å². The lowest BCUT2D eigenvalue weighted by molar-refractivity contribution is 0.247. The number of rotatable bonds is 9. The molecule has 2 aromatic rings. The van der Waals surface area contributed by atoms with E-state index in [9.17, 15) is 0 Å². The Bertz CT molecular complexity index is 698. The van der Waals surface area contributed by atoms with Gasteiger partial charge >= 0.3 is 0 Å². The summed E-state index contributed by atoms with van der Waals surface area (Å²) in [6.07, 6.45) is 2.26. The quantitative estimate of drug-likeness (QED) is 0.430. The molecule has 0 atom stereocenters. The molecule has 0 unspecified atom stereocenters. The van der Waals surface area contributed by atoms with Gasteiger partial charge in [-0.15, -0.1) is 0 Å².